The van der Waals surface area contributed by atoms with Crippen molar-refractivity contribution in [1.29, 1.82) is 0 Å². The minimum Gasteiger partial charge on any atom is -0.494 e. The van der Waals surface area contributed by atoms with E-state index in [2.05, 4.69) is 43.3 Å². The highest BCUT2D eigenvalue weighted by atomic mass is 16.5. The molecule has 1 aromatic heterocycles. The first-order valence-electron chi connectivity index (χ1n) is 19.5. The minimum absolute atomic E-state index is 0.253. The summed E-state index contributed by atoms with van der Waals surface area (Å²) in [6.07, 6.45) is 23.1. The highest BCUT2D eigenvalue weighted by molar-refractivity contribution is 5.91. The molecule has 0 fully saturated rings. The second-order valence-electron chi connectivity index (χ2n) is 13.4. The fraction of sp³-hybridized carbons (Fsp3) is 0.435. The Balaban J connectivity index is 1.29. The van der Waals surface area contributed by atoms with E-state index in [-0.39, 0.29) is 11.5 Å². The number of ether oxygens (including phenoxy) is 4. The predicted molar refractivity (Wildman–Crippen MR) is 214 cm³/mol. The van der Waals surface area contributed by atoms with Crippen LogP contribution in [0.2, 0.25) is 0 Å². The Morgan fingerprint density at radius 2 is 1.35 bits per heavy atom. The fourth-order valence-corrected chi connectivity index (χ4v) is 5.60. The standard InChI is InChI=1S/C46H57NO7/c1-4-6-7-11-14-19-37(3)20-15-16-21-38-22-27-42(28-23-38)53-45(49)33-26-40-25-24-39(36-47-40)46(50)54-43-31-29-41(30-32-43)51-34-17-12-9-8-10-13-18-35-52-44(48)5-2/h5,20,22-25,27-32,36H,2,4,6-19,21,34-35H2,1,3H3/b37-20+. The van der Waals surface area contributed by atoms with Gasteiger partial charge in [-0.05, 0) is 112 Å². The van der Waals surface area contributed by atoms with Gasteiger partial charge < -0.3 is 18.9 Å². The molecule has 0 aliphatic heterocycles. The zero-order valence-electron chi connectivity index (χ0n) is 32.2. The van der Waals surface area contributed by atoms with Gasteiger partial charge in [0.15, 0.2) is 0 Å². The Labute approximate surface area is 322 Å². The van der Waals surface area contributed by atoms with Gasteiger partial charge in [-0.3, -0.25) is 0 Å². The maximum absolute atomic E-state index is 12.6. The highest BCUT2D eigenvalue weighted by Gasteiger charge is 2.10. The number of carbonyl (C=O) groups is 3. The quantitative estimate of drug-likeness (QED) is 0.0212. The third-order valence-electron chi connectivity index (χ3n) is 8.77. The highest BCUT2D eigenvalue weighted by Crippen LogP contribution is 2.20. The molecule has 2 aromatic carbocycles. The van der Waals surface area contributed by atoms with Crippen LogP contribution in [0, 0.1) is 11.8 Å². The van der Waals surface area contributed by atoms with Crippen LogP contribution in [0.5, 0.6) is 17.2 Å². The summed E-state index contributed by atoms with van der Waals surface area (Å²) in [4.78, 5) is 40.1. The van der Waals surface area contributed by atoms with E-state index in [9.17, 15) is 14.4 Å². The van der Waals surface area contributed by atoms with Gasteiger partial charge in [-0.2, -0.15) is 0 Å². The van der Waals surface area contributed by atoms with Gasteiger partial charge in [0.25, 0.3) is 0 Å². The van der Waals surface area contributed by atoms with Crippen molar-refractivity contribution >= 4 is 17.9 Å². The van der Waals surface area contributed by atoms with Crippen LogP contribution in [0.1, 0.15) is 132 Å². The molecule has 0 aliphatic carbocycles. The molecule has 0 amide bonds. The number of carbonyl (C=O) groups excluding carboxylic acids is 3. The van der Waals surface area contributed by atoms with Crippen molar-refractivity contribution in [3.63, 3.8) is 0 Å². The lowest BCUT2D eigenvalue weighted by Gasteiger charge is -2.08. The third-order valence-corrected chi connectivity index (χ3v) is 8.77. The molecule has 0 radical (unpaired) electrons. The molecule has 8 heteroatoms. The molecule has 0 N–H and O–H groups in total. The number of benzene rings is 2. The van der Waals surface area contributed by atoms with E-state index in [0.717, 1.165) is 64.2 Å². The van der Waals surface area contributed by atoms with Crippen LogP contribution >= 0.6 is 0 Å². The number of hydrogen-bond acceptors (Lipinski definition) is 8. The molecule has 0 spiro atoms. The molecule has 0 unspecified atom stereocenters. The molecule has 288 valence electrons. The number of hydrogen-bond donors (Lipinski definition) is 0. The number of allylic oxidation sites excluding steroid dienone is 2. The molecule has 0 atom stereocenters. The smallest absolute Gasteiger partial charge is 0.390 e. The molecular weight excluding hydrogens is 679 g/mol. The van der Waals surface area contributed by atoms with Crippen molar-refractivity contribution in [3.05, 3.63) is 108 Å². The summed E-state index contributed by atoms with van der Waals surface area (Å²) in [6.45, 7) is 8.92. The first-order valence-corrected chi connectivity index (χ1v) is 19.5. The van der Waals surface area contributed by atoms with Gasteiger partial charge in [-0.1, -0.05) is 95.1 Å². The van der Waals surface area contributed by atoms with Crippen molar-refractivity contribution in [2.45, 2.75) is 117 Å². The summed E-state index contributed by atoms with van der Waals surface area (Å²) in [5.41, 5.74) is 3.26. The van der Waals surface area contributed by atoms with Gasteiger partial charge >= 0.3 is 17.9 Å². The SMILES string of the molecule is C=CC(=O)OCCCCCCCCCOc1ccc(OC(=O)c2ccc(C#CC(=O)Oc3ccc(CCC/C=C(\C)CCCCCCC)cc3)nc2)cc1. The van der Waals surface area contributed by atoms with Crippen LogP contribution < -0.4 is 14.2 Å². The lowest BCUT2D eigenvalue weighted by Crippen LogP contribution is -2.09. The number of esters is 3. The maximum atomic E-state index is 12.6. The summed E-state index contributed by atoms with van der Waals surface area (Å²) in [7, 11) is 0. The van der Waals surface area contributed by atoms with Crippen molar-refractivity contribution in [2.24, 2.45) is 0 Å². The number of unbranched alkanes of at least 4 members (excludes halogenated alkanes) is 11. The first kappa shape index (κ1) is 43.2. The van der Waals surface area contributed by atoms with Crippen LogP contribution in [-0.2, 0) is 20.7 Å². The summed E-state index contributed by atoms with van der Waals surface area (Å²) < 4.78 is 21.6. The van der Waals surface area contributed by atoms with E-state index >= 15 is 0 Å². The Bertz CT molecular complexity index is 1650. The minimum atomic E-state index is -0.690. The maximum Gasteiger partial charge on any atom is 0.390 e. The van der Waals surface area contributed by atoms with E-state index in [1.807, 2.05) is 12.1 Å². The summed E-state index contributed by atoms with van der Waals surface area (Å²) in [5.74, 6) is 5.04. The normalized spacial score (nSPS) is 10.9. The Hall–Kier alpha value is -5.16. The molecular formula is C46H57NO7. The average Bonchev–Trinajstić information content (AvgIpc) is 3.19. The predicted octanol–water partition coefficient (Wildman–Crippen LogP) is 10.7. The molecule has 8 nitrogen and oxygen atoms in total. The Morgan fingerprint density at radius 3 is 2.04 bits per heavy atom. The van der Waals surface area contributed by atoms with E-state index in [1.54, 1.807) is 48.5 Å². The Kier molecular flexibility index (Phi) is 21.3. The number of pyridine rings is 1. The fourth-order valence-electron chi connectivity index (χ4n) is 5.60. The van der Waals surface area contributed by atoms with E-state index in [4.69, 9.17) is 18.9 Å². The van der Waals surface area contributed by atoms with Gasteiger partial charge in [-0.25, -0.2) is 19.4 Å². The van der Waals surface area contributed by atoms with Crippen LogP contribution in [0.4, 0.5) is 0 Å². The molecule has 3 rings (SSSR count). The monoisotopic (exact) mass is 735 g/mol. The van der Waals surface area contributed by atoms with Crippen molar-refractivity contribution in [1.82, 2.24) is 4.98 Å². The van der Waals surface area contributed by atoms with Crippen LogP contribution in [0.25, 0.3) is 0 Å². The average molecular weight is 736 g/mol. The molecule has 1 heterocycles. The largest absolute Gasteiger partial charge is 0.494 e. The molecule has 0 aliphatic rings. The second kappa shape index (κ2) is 26.6. The van der Waals surface area contributed by atoms with Crippen LogP contribution in [0.3, 0.4) is 0 Å². The van der Waals surface area contributed by atoms with Crippen LogP contribution in [0.15, 0.2) is 91.2 Å². The molecule has 0 bridgehead atoms. The van der Waals surface area contributed by atoms with E-state index in [1.165, 1.54) is 61.9 Å². The first-order chi connectivity index (χ1) is 26.4. The van der Waals surface area contributed by atoms with Crippen molar-refractivity contribution in [3.8, 4) is 29.1 Å². The number of aromatic nitrogens is 1. The number of aryl methyl sites for hydroxylation is 1. The molecule has 3 aromatic rings. The Morgan fingerprint density at radius 1 is 0.722 bits per heavy atom. The molecule has 0 saturated carbocycles. The summed E-state index contributed by atoms with van der Waals surface area (Å²) in [5, 5.41) is 0. The summed E-state index contributed by atoms with van der Waals surface area (Å²) in [6, 6.07) is 17.5. The zero-order chi connectivity index (χ0) is 38.6. The lowest BCUT2D eigenvalue weighted by atomic mass is 10.0. The molecule has 0 saturated heterocycles. The van der Waals surface area contributed by atoms with Crippen LogP contribution in [-0.4, -0.2) is 36.1 Å². The van der Waals surface area contributed by atoms with Gasteiger partial charge in [0.1, 0.15) is 22.9 Å². The third kappa shape index (κ3) is 19.1. The summed E-state index contributed by atoms with van der Waals surface area (Å²) >= 11 is 0. The molecule has 54 heavy (non-hydrogen) atoms. The number of rotatable bonds is 25. The number of nitrogens with zero attached hydrogens (tertiary/aromatic N) is 1. The van der Waals surface area contributed by atoms with E-state index in [0.29, 0.717) is 36.2 Å². The van der Waals surface area contributed by atoms with Gasteiger partial charge in [0.05, 0.1) is 18.8 Å². The topological polar surface area (TPSA) is 101 Å². The lowest BCUT2D eigenvalue weighted by molar-refractivity contribution is -0.137. The second-order valence-corrected chi connectivity index (χ2v) is 13.4. The van der Waals surface area contributed by atoms with Gasteiger partial charge in [-0.15, -0.1) is 0 Å². The zero-order valence-corrected chi connectivity index (χ0v) is 32.2. The van der Waals surface area contributed by atoms with E-state index < -0.39 is 11.9 Å². The van der Waals surface area contributed by atoms with Gasteiger partial charge in [0.2, 0.25) is 0 Å². The van der Waals surface area contributed by atoms with Crippen molar-refractivity contribution < 1.29 is 33.3 Å². The van der Waals surface area contributed by atoms with Crippen molar-refractivity contribution in [2.75, 3.05) is 13.2 Å². The van der Waals surface area contributed by atoms with Gasteiger partial charge in [0, 0.05) is 18.2 Å².